The fourth-order valence-corrected chi connectivity index (χ4v) is 4.00. The topological polar surface area (TPSA) is 45.5 Å². The van der Waals surface area contributed by atoms with Crippen LogP contribution in [0.1, 0.15) is 72.3 Å². The number of ether oxygens (including phenoxy) is 2. The van der Waals surface area contributed by atoms with E-state index in [1.165, 1.54) is 24.9 Å². The van der Waals surface area contributed by atoms with Crippen LogP contribution in [-0.4, -0.2) is 30.9 Å². The Hall–Kier alpha value is -2.51. The molecular weight excluding hydrogens is 396 g/mol. The Morgan fingerprint density at radius 1 is 0.938 bits per heavy atom. The van der Waals surface area contributed by atoms with Crippen LogP contribution in [-0.2, 0) is 4.74 Å². The van der Waals surface area contributed by atoms with Crippen molar-refractivity contribution < 1.29 is 9.47 Å². The van der Waals surface area contributed by atoms with Gasteiger partial charge in [0, 0.05) is 30.8 Å². The first-order chi connectivity index (χ1) is 15.2. The van der Waals surface area contributed by atoms with Gasteiger partial charge in [-0.05, 0) is 77.1 Å². The third-order valence-corrected chi connectivity index (χ3v) is 6.47. The molecule has 0 atom stereocenters. The summed E-state index contributed by atoms with van der Waals surface area (Å²) in [6.45, 7) is 13.3. The molecule has 0 aromatic heterocycles. The number of anilines is 1. The molecular formula is C28H38N2O2. The summed E-state index contributed by atoms with van der Waals surface area (Å²) in [7, 11) is 0. The molecule has 172 valence electrons. The number of piperidine rings is 1. The SMILES string of the molecule is CCC(C)(C)OCCC(C)(C)Oc1cccc(-c2ccc(N3CCCCC3)cc2)c1C#N. The molecule has 0 saturated carbocycles. The quantitative estimate of drug-likeness (QED) is 0.427. The average molecular weight is 435 g/mol. The Labute approximate surface area is 194 Å². The van der Waals surface area contributed by atoms with E-state index in [1.807, 2.05) is 18.2 Å². The van der Waals surface area contributed by atoms with Crippen molar-refractivity contribution in [2.45, 2.75) is 77.9 Å². The number of hydrogen-bond acceptors (Lipinski definition) is 4. The van der Waals surface area contributed by atoms with E-state index in [0.717, 1.165) is 37.1 Å². The molecule has 4 nitrogen and oxygen atoms in total. The molecule has 0 bridgehead atoms. The summed E-state index contributed by atoms with van der Waals surface area (Å²) in [6.07, 6.45) is 5.56. The summed E-state index contributed by atoms with van der Waals surface area (Å²) in [5, 5.41) is 9.97. The molecule has 1 aliphatic heterocycles. The molecule has 1 saturated heterocycles. The summed E-state index contributed by atoms with van der Waals surface area (Å²) in [5.41, 5.74) is 3.23. The van der Waals surface area contributed by atoms with Gasteiger partial charge in [0.15, 0.2) is 0 Å². The van der Waals surface area contributed by atoms with Gasteiger partial charge in [-0.3, -0.25) is 0 Å². The maximum absolute atomic E-state index is 9.97. The van der Waals surface area contributed by atoms with Crippen LogP contribution >= 0.6 is 0 Å². The minimum Gasteiger partial charge on any atom is -0.486 e. The zero-order valence-electron chi connectivity index (χ0n) is 20.4. The molecule has 1 heterocycles. The molecule has 0 spiro atoms. The molecule has 0 aliphatic carbocycles. The largest absolute Gasteiger partial charge is 0.486 e. The summed E-state index contributed by atoms with van der Waals surface area (Å²) >= 11 is 0. The second kappa shape index (κ2) is 10.4. The van der Waals surface area contributed by atoms with E-state index in [0.29, 0.717) is 17.9 Å². The van der Waals surface area contributed by atoms with E-state index in [9.17, 15) is 5.26 Å². The van der Waals surface area contributed by atoms with E-state index < -0.39 is 5.60 Å². The molecule has 0 radical (unpaired) electrons. The normalized spacial score (nSPS) is 14.8. The van der Waals surface area contributed by atoms with Gasteiger partial charge in [-0.2, -0.15) is 5.26 Å². The maximum atomic E-state index is 9.97. The zero-order valence-corrected chi connectivity index (χ0v) is 20.4. The van der Waals surface area contributed by atoms with Crippen LogP contribution in [0.25, 0.3) is 11.1 Å². The zero-order chi connectivity index (χ0) is 23.2. The Kier molecular flexibility index (Phi) is 7.85. The third-order valence-electron chi connectivity index (χ3n) is 6.47. The van der Waals surface area contributed by atoms with Gasteiger partial charge < -0.3 is 14.4 Å². The van der Waals surface area contributed by atoms with Crippen LogP contribution in [0, 0.1) is 11.3 Å². The van der Waals surface area contributed by atoms with Crippen molar-refractivity contribution in [3.63, 3.8) is 0 Å². The Bertz CT molecular complexity index is 919. The van der Waals surface area contributed by atoms with E-state index in [2.05, 4.69) is 69.9 Å². The van der Waals surface area contributed by atoms with Gasteiger partial charge in [0.25, 0.3) is 0 Å². The van der Waals surface area contributed by atoms with E-state index in [-0.39, 0.29) is 5.60 Å². The summed E-state index contributed by atoms with van der Waals surface area (Å²) in [5.74, 6) is 0.629. The predicted octanol–water partition coefficient (Wildman–Crippen LogP) is 6.97. The lowest BCUT2D eigenvalue weighted by molar-refractivity contribution is -0.0423. The van der Waals surface area contributed by atoms with Crippen LogP contribution < -0.4 is 9.64 Å². The summed E-state index contributed by atoms with van der Waals surface area (Å²) < 4.78 is 12.4. The van der Waals surface area contributed by atoms with Gasteiger partial charge >= 0.3 is 0 Å². The number of nitriles is 1. The van der Waals surface area contributed by atoms with Crippen LogP contribution in [0.5, 0.6) is 5.75 Å². The van der Waals surface area contributed by atoms with Crippen molar-refractivity contribution in [2.75, 3.05) is 24.6 Å². The van der Waals surface area contributed by atoms with Gasteiger partial charge in [0.1, 0.15) is 23.0 Å². The van der Waals surface area contributed by atoms with Gasteiger partial charge in [-0.1, -0.05) is 31.2 Å². The molecule has 3 rings (SSSR count). The van der Waals surface area contributed by atoms with Crippen molar-refractivity contribution in [3.05, 3.63) is 48.0 Å². The first-order valence-electron chi connectivity index (χ1n) is 12.0. The highest BCUT2D eigenvalue weighted by molar-refractivity contribution is 5.75. The highest BCUT2D eigenvalue weighted by Gasteiger charge is 2.24. The number of rotatable bonds is 9. The van der Waals surface area contributed by atoms with Crippen LogP contribution in [0.3, 0.4) is 0 Å². The molecule has 2 aromatic carbocycles. The molecule has 2 aromatic rings. The van der Waals surface area contributed by atoms with Crippen LogP contribution in [0.2, 0.25) is 0 Å². The summed E-state index contributed by atoms with van der Waals surface area (Å²) in [4.78, 5) is 2.45. The second-order valence-electron chi connectivity index (χ2n) is 9.96. The minimum atomic E-state index is -0.438. The molecule has 1 fully saturated rings. The lowest BCUT2D eigenvalue weighted by atomic mass is 9.98. The molecule has 32 heavy (non-hydrogen) atoms. The maximum Gasteiger partial charge on any atom is 0.138 e. The first kappa shape index (κ1) is 24.1. The van der Waals surface area contributed by atoms with Crippen molar-refractivity contribution in [2.24, 2.45) is 0 Å². The Morgan fingerprint density at radius 2 is 1.62 bits per heavy atom. The fourth-order valence-electron chi connectivity index (χ4n) is 4.00. The number of benzene rings is 2. The third kappa shape index (κ3) is 6.26. The Morgan fingerprint density at radius 3 is 2.25 bits per heavy atom. The molecule has 0 amide bonds. The van der Waals surface area contributed by atoms with E-state index in [1.54, 1.807) is 0 Å². The summed E-state index contributed by atoms with van der Waals surface area (Å²) in [6, 6.07) is 16.8. The fraction of sp³-hybridized carbons (Fsp3) is 0.536. The van der Waals surface area contributed by atoms with Gasteiger partial charge in [0.05, 0.1) is 12.2 Å². The van der Waals surface area contributed by atoms with Crippen LogP contribution in [0.15, 0.2) is 42.5 Å². The molecule has 4 heteroatoms. The highest BCUT2D eigenvalue weighted by Crippen LogP contribution is 2.34. The smallest absolute Gasteiger partial charge is 0.138 e. The predicted molar refractivity (Wildman–Crippen MR) is 132 cm³/mol. The second-order valence-corrected chi connectivity index (χ2v) is 9.96. The van der Waals surface area contributed by atoms with Crippen LogP contribution in [0.4, 0.5) is 5.69 Å². The monoisotopic (exact) mass is 434 g/mol. The van der Waals surface area contributed by atoms with E-state index >= 15 is 0 Å². The van der Waals surface area contributed by atoms with Gasteiger partial charge in [0.2, 0.25) is 0 Å². The van der Waals surface area contributed by atoms with Crippen molar-refractivity contribution in [3.8, 4) is 22.9 Å². The number of hydrogen-bond donors (Lipinski definition) is 0. The first-order valence-corrected chi connectivity index (χ1v) is 12.0. The lowest BCUT2D eigenvalue weighted by Crippen LogP contribution is -2.33. The molecule has 0 N–H and O–H groups in total. The minimum absolute atomic E-state index is 0.131. The number of nitrogens with zero attached hydrogens (tertiary/aromatic N) is 2. The average Bonchev–Trinajstić information content (AvgIpc) is 2.79. The lowest BCUT2D eigenvalue weighted by Gasteiger charge is -2.30. The highest BCUT2D eigenvalue weighted by atomic mass is 16.5. The van der Waals surface area contributed by atoms with Crippen molar-refractivity contribution in [1.82, 2.24) is 0 Å². The van der Waals surface area contributed by atoms with Gasteiger partial charge in [-0.25, -0.2) is 0 Å². The van der Waals surface area contributed by atoms with Crippen molar-refractivity contribution >= 4 is 5.69 Å². The molecule has 0 unspecified atom stereocenters. The van der Waals surface area contributed by atoms with Crippen molar-refractivity contribution in [1.29, 1.82) is 5.26 Å². The Balaban J connectivity index is 1.75. The van der Waals surface area contributed by atoms with Gasteiger partial charge in [-0.15, -0.1) is 0 Å². The standard InChI is InChI=1S/C28H38N2O2/c1-6-27(2,3)31-20-17-28(4,5)32-26-12-10-11-24(25(26)21-29)22-13-15-23(16-14-22)30-18-8-7-9-19-30/h10-16H,6-9,17-20H2,1-5H3. The molecule has 1 aliphatic rings. The van der Waals surface area contributed by atoms with E-state index in [4.69, 9.17) is 9.47 Å².